The smallest absolute Gasteiger partial charge is 0.325 e. The highest BCUT2D eigenvalue weighted by molar-refractivity contribution is 5.97. The molecule has 0 spiro atoms. The number of aromatic nitrogens is 1. The Kier molecular flexibility index (Phi) is 3.94. The fourth-order valence-corrected chi connectivity index (χ4v) is 1.46. The zero-order valence-corrected chi connectivity index (χ0v) is 10.4. The number of benzene rings is 1. The van der Waals surface area contributed by atoms with E-state index >= 15 is 0 Å². The number of carbonyl (C=O) groups is 2. The van der Waals surface area contributed by atoms with Crippen LogP contribution in [0.25, 0.3) is 11.1 Å². The molecular weight excluding hydrogens is 264 g/mol. The SMILES string of the molecule is NC(=Nc1nc2ccccc2o1)NC(=O)CCC(=O)O. The molecule has 0 atom stereocenters. The number of nitrogens with zero attached hydrogens (tertiary/aromatic N) is 2. The van der Waals surface area contributed by atoms with Gasteiger partial charge in [-0.2, -0.15) is 9.98 Å². The molecule has 20 heavy (non-hydrogen) atoms. The quantitative estimate of drug-likeness (QED) is 0.558. The van der Waals surface area contributed by atoms with Crippen LogP contribution in [0.5, 0.6) is 0 Å². The van der Waals surface area contributed by atoms with Gasteiger partial charge in [0.25, 0.3) is 0 Å². The Balaban J connectivity index is 2.02. The average molecular weight is 276 g/mol. The van der Waals surface area contributed by atoms with Crippen molar-refractivity contribution in [2.24, 2.45) is 10.7 Å². The number of amides is 1. The van der Waals surface area contributed by atoms with Crippen molar-refractivity contribution in [3.63, 3.8) is 0 Å². The number of para-hydroxylation sites is 2. The highest BCUT2D eigenvalue weighted by Gasteiger charge is 2.08. The molecule has 0 saturated heterocycles. The number of aliphatic imine (C=N–C) groups is 1. The molecule has 2 aromatic rings. The zero-order chi connectivity index (χ0) is 14.5. The van der Waals surface area contributed by atoms with Crippen molar-refractivity contribution in [1.82, 2.24) is 10.3 Å². The first-order valence-corrected chi connectivity index (χ1v) is 5.76. The predicted molar refractivity (Wildman–Crippen MR) is 70.3 cm³/mol. The lowest BCUT2D eigenvalue weighted by Gasteiger charge is -2.01. The van der Waals surface area contributed by atoms with Gasteiger partial charge in [0, 0.05) is 6.42 Å². The van der Waals surface area contributed by atoms with Crippen LogP contribution >= 0.6 is 0 Å². The van der Waals surface area contributed by atoms with E-state index in [-0.39, 0.29) is 24.8 Å². The minimum Gasteiger partial charge on any atom is -0.481 e. The van der Waals surface area contributed by atoms with Crippen molar-refractivity contribution in [1.29, 1.82) is 0 Å². The molecule has 0 radical (unpaired) electrons. The largest absolute Gasteiger partial charge is 0.481 e. The summed E-state index contributed by atoms with van der Waals surface area (Å²) in [5.74, 6) is -1.80. The third-order valence-corrected chi connectivity index (χ3v) is 2.33. The van der Waals surface area contributed by atoms with Crippen molar-refractivity contribution in [3.05, 3.63) is 24.3 Å². The number of guanidine groups is 1. The molecule has 0 aliphatic carbocycles. The number of carboxylic acid groups (broad SMARTS) is 1. The van der Waals surface area contributed by atoms with Crippen molar-refractivity contribution >= 4 is 35.0 Å². The Labute approximate surface area is 113 Å². The van der Waals surface area contributed by atoms with Crippen LogP contribution in [0.4, 0.5) is 6.01 Å². The van der Waals surface area contributed by atoms with Crippen molar-refractivity contribution in [3.8, 4) is 0 Å². The summed E-state index contributed by atoms with van der Waals surface area (Å²) < 4.78 is 5.29. The highest BCUT2D eigenvalue weighted by atomic mass is 16.4. The van der Waals surface area contributed by atoms with Crippen LogP contribution in [-0.4, -0.2) is 27.9 Å². The number of oxazole rings is 1. The fraction of sp³-hybridized carbons (Fsp3) is 0.167. The summed E-state index contributed by atoms with van der Waals surface area (Å²) in [6.45, 7) is 0. The van der Waals surface area contributed by atoms with Gasteiger partial charge in [-0.3, -0.25) is 14.9 Å². The number of nitrogens with one attached hydrogen (secondary N) is 1. The second-order valence-electron chi connectivity index (χ2n) is 3.90. The second kappa shape index (κ2) is 5.83. The van der Waals surface area contributed by atoms with Crippen LogP contribution in [0.3, 0.4) is 0 Å². The molecule has 8 nitrogen and oxygen atoms in total. The molecule has 0 aliphatic heterocycles. The molecule has 0 saturated carbocycles. The van der Waals surface area contributed by atoms with E-state index in [0.29, 0.717) is 11.1 Å². The molecule has 0 bridgehead atoms. The van der Waals surface area contributed by atoms with E-state index in [0.717, 1.165) is 0 Å². The third kappa shape index (κ3) is 3.55. The lowest BCUT2D eigenvalue weighted by molar-refractivity contribution is -0.138. The molecule has 1 amide bonds. The molecule has 0 unspecified atom stereocenters. The van der Waals surface area contributed by atoms with E-state index in [9.17, 15) is 9.59 Å². The highest BCUT2D eigenvalue weighted by Crippen LogP contribution is 2.19. The number of nitrogens with two attached hydrogens (primary N) is 1. The molecule has 1 aromatic heterocycles. The number of hydrogen-bond donors (Lipinski definition) is 3. The van der Waals surface area contributed by atoms with Gasteiger partial charge in [-0.15, -0.1) is 0 Å². The van der Waals surface area contributed by atoms with Crippen LogP contribution < -0.4 is 11.1 Å². The van der Waals surface area contributed by atoms with Gasteiger partial charge in [-0.05, 0) is 12.1 Å². The number of carbonyl (C=O) groups excluding carboxylic acids is 1. The minimum atomic E-state index is -1.06. The monoisotopic (exact) mass is 276 g/mol. The van der Waals surface area contributed by atoms with Crippen molar-refractivity contribution < 1.29 is 19.1 Å². The summed E-state index contributed by atoms with van der Waals surface area (Å²) in [6, 6.07) is 7.08. The maximum Gasteiger partial charge on any atom is 0.325 e. The summed E-state index contributed by atoms with van der Waals surface area (Å²) in [5, 5.41) is 10.7. The van der Waals surface area contributed by atoms with Gasteiger partial charge in [0.15, 0.2) is 5.58 Å². The van der Waals surface area contributed by atoms with Crippen LogP contribution in [-0.2, 0) is 9.59 Å². The fourth-order valence-electron chi connectivity index (χ4n) is 1.46. The van der Waals surface area contributed by atoms with Crippen LogP contribution in [0, 0.1) is 0 Å². The van der Waals surface area contributed by atoms with Crippen molar-refractivity contribution in [2.45, 2.75) is 12.8 Å². The lowest BCUT2D eigenvalue weighted by atomic mass is 10.3. The van der Waals surface area contributed by atoms with Crippen LogP contribution in [0.2, 0.25) is 0 Å². The van der Waals surface area contributed by atoms with Gasteiger partial charge in [-0.1, -0.05) is 12.1 Å². The molecule has 0 fully saturated rings. The summed E-state index contributed by atoms with van der Waals surface area (Å²) in [7, 11) is 0. The third-order valence-electron chi connectivity index (χ3n) is 2.33. The second-order valence-corrected chi connectivity index (χ2v) is 3.90. The molecule has 1 heterocycles. The van der Waals surface area contributed by atoms with Crippen LogP contribution in [0.1, 0.15) is 12.8 Å². The molecular formula is C12H12N4O4. The molecule has 8 heteroatoms. The van der Waals surface area contributed by atoms with Gasteiger partial charge in [0.2, 0.25) is 11.9 Å². The van der Waals surface area contributed by atoms with Crippen LogP contribution in [0.15, 0.2) is 33.7 Å². The lowest BCUT2D eigenvalue weighted by Crippen LogP contribution is -2.36. The van der Waals surface area contributed by atoms with Gasteiger partial charge < -0.3 is 15.3 Å². The van der Waals surface area contributed by atoms with E-state index in [4.69, 9.17) is 15.3 Å². The number of hydrogen-bond acceptors (Lipinski definition) is 5. The van der Waals surface area contributed by atoms with Gasteiger partial charge in [0.1, 0.15) is 5.52 Å². The first kappa shape index (κ1) is 13.5. The summed E-state index contributed by atoms with van der Waals surface area (Å²) in [5.41, 5.74) is 6.68. The molecule has 104 valence electrons. The minimum absolute atomic E-state index is 0.0160. The summed E-state index contributed by atoms with van der Waals surface area (Å²) >= 11 is 0. The van der Waals surface area contributed by atoms with Crippen molar-refractivity contribution in [2.75, 3.05) is 0 Å². The first-order valence-electron chi connectivity index (χ1n) is 5.76. The Bertz CT molecular complexity index is 644. The average Bonchev–Trinajstić information content (AvgIpc) is 2.78. The molecule has 0 aliphatic rings. The Hall–Kier alpha value is -2.90. The topological polar surface area (TPSA) is 131 Å². The summed E-state index contributed by atoms with van der Waals surface area (Å²) in [6.07, 6.45) is -0.457. The first-order chi connectivity index (χ1) is 9.54. The molecule has 4 N–H and O–H groups in total. The predicted octanol–water partition coefficient (Wildman–Crippen LogP) is 0.755. The van der Waals surface area contributed by atoms with E-state index in [1.807, 2.05) is 0 Å². The summed E-state index contributed by atoms with van der Waals surface area (Å²) in [4.78, 5) is 29.5. The number of rotatable bonds is 4. The maximum atomic E-state index is 11.3. The Morgan fingerprint density at radius 2 is 2.10 bits per heavy atom. The zero-order valence-electron chi connectivity index (χ0n) is 10.4. The van der Waals surface area contributed by atoms with Gasteiger partial charge in [0.05, 0.1) is 6.42 Å². The molecule has 2 rings (SSSR count). The van der Waals surface area contributed by atoms with Gasteiger partial charge >= 0.3 is 12.0 Å². The number of carboxylic acids is 1. The number of fused-ring (bicyclic) bond motifs is 1. The Morgan fingerprint density at radius 1 is 1.35 bits per heavy atom. The normalized spacial score (nSPS) is 11.5. The van der Waals surface area contributed by atoms with E-state index in [1.165, 1.54) is 0 Å². The Morgan fingerprint density at radius 3 is 2.80 bits per heavy atom. The maximum absolute atomic E-state index is 11.3. The standard InChI is InChI=1S/C12H12N4O4/c13-11(15-9(17)5-6-10(18)19)16-12-14-7-3-1-2-4-8(7)20-12/h1-4H,5-6H2,(H,18,19)(H3,13,14,15,16,17). The van der Waals surface area contributed by atoms with E-state index in [1.54, 1.807) is 24.3 Å². The molecule has 1 aromatic carbocycles. The number of aliphatic carboxylic acids is 1. The van der Waals surface area contributed by atoms with E-state index < -0.39 is 11.9 Å². The van der Waals surface area contributed by atoms with E-state index in [2.05, 4.69) is 15.3 Å². The van der Waals surface area contributed by atoms with Gasteiger partial charge in [-0.25, -0.2) is 0 Å².